The second-order valence-electron chi connectivity index (χ2n) is 6.32. The molecular formula is C15H33N. The van der Waals surface area contributed by atoms with Gasteiger partial charge in [0.1, 0.15) is 0 Å². The Kier molecular flexibility index (Phi) is 9.02. The van der Waals surface area contributed by atoms with Gasteiger partial charge in [0.25, 0.3) is 0 Å². The molecule has 0 aliphatic rings. The van der Waals surface area contributed by atoms with E-state index in [9.17, 15) is 0 Å². The second kappa shape index (κ2) is 9.04. The highest BCUT2D eigenvalue weighted by atomic mass is 14.8. The van der Waals surface area contributed by atoms with Crippen molar-refractivity contribution in [3.8, 4) is 0 Å². The first-order valence-electron chi connectivity index (χ1n) is 7.18. The van der Waals surface area contributed by atoms with Crippen LogP contribution in [0.5, 0.6) is 0 Å². The van der Waals surface area contributed by atoms with Crippen molar-refractivity contribution in [2.24, 2.45) is 11.3 Å². The van der Waals surface area contributed by atoms with Crippen LogP contribution in [0.1, 0.15) is 73.1 Å². The zero-order valence-electron chi connectivity index (χ0n) is 12.2. The van der Waals surface area contributed by atoms with Crippen LogP contribution >= 0.6 is 0 Å². The molecule has 98 valence electrons. The summed E-state index contributed by atoms with van der Waals surface area (Å²) in [5.74, 6) is 0.771. The van der Waals surface area contributed by atoms with Crippen molar-refractivity contribution in [1.29, 1.82) is 0 Å². The molecule has 0 saturated heterocycles. The van der Waals surface area contributed by atoms with E-state index in [1.807, 2.05) is 0 Å². The van der Waals surface area contributed by atoms with Crippen LogP contribution in [0.2, 0.25) is 0 Å². The first-order chi connectivity index (χ1) is 7.48. The van der Waals surface area contributed by atoms with Gasteiger partial charge in [0, 0.05) is 0 Å². The monoisotopic (exact) mass is 227 g/mol. The third kappa shape index (κ3) is 10.5. The predicted molar refractivity (Wildman–Crippen MR) is 74.9 cm³/mol. The lowest BCUT2D eigenvalue weighted by atomic mass is 9.83. The number of nitrogens with one attached hydrogen (secondary N) is 1. The molecular weight excluding hydrogens is 194 g/mol. The summed E-state index contributed by atoms with van der Waals surface area (Å²) >= 11 is 0. The topological polar surface area (TPSA) is 12.0 Å². The van der Waals surface area contributed by atoms with Gasteiger partial charge in [-0.1, -0.05) is 60.3 Å². The molecule has 0 saturated carbocycles. The van der Waals surface area contributed by atoms with Crippen molar-refractivity contribution in [2.75, 3.05) is 13.1 Å². The van der Waals surface area contributed by atoms with Crippen LogP contribution in [-0.4, -0.2) is 13.1 Å². The van der Waals surface area contributed by atoms with E-state index in [2.05, 4.69) is 39.9 Å². The summed E-state index contributed by atoms with van der Waals surface area (Å²) in [4.78, 5) is 0. The minimum absolute atomic E-state index is 0.526. The molecule has 0 aliphatic heterocycles. The maximum atomic E-state index is 3.54. The van der Waals surface area contributed by atoms with Gasteiger partial charge in [-0.3, -0.25) is 0 Å². The number of hydrogen-bond acceptors (Lipinski definition) is 1. The molecule has 0 fully saturated rings. The van der Waals surface area contributed by atoms with E-state index in [1.165, 1.54) is 45.1 Å². The van der Waals surface area contributed by atoms with Crippen LogP contribution in [0.25, 0.3) is 0 Å². The fraction of sp³-hybridized carbons (Fsp3) is 1.00. The largest absolute Gasteiger partial charge is 0.316 e. The van der Waals surface area contributed by atoms with Crippen molar-refractivity contribution < 1.29 is 0 Å². The van der Waals surface area contributed by atoms with Crippen molar-refractivity contribution in [3.05, 3.63) is 0 Å². The number of rotatable bonds is 10. The lowest BCUT2D eigenvalue weighted by Gasteiger charge is -2.25. The highest BCUT2D eigenvalue weighted by Crippen LogP contribution is 2.27. The van der Waals surface area contributed by atoms with Crippen LogP contribution in [0, 0.1) is 11.3 Å². The van der Waals surface area contributed by atoms with Gasteiger partial charge in [-0.15, -0.1) is 0 Å². The summed E-state index contributed by atoms with van der Waals surface area (Å²) in [7, 11) is 0. The van der Waals surface area contributed by atoms with Gasteiger partial charge in [0.2, 0.25) is 0 Å². The fourth-order valence-electron chi connectivity index (χ4n) is 1.97. The van der Waals surface area contributed by atoms with Gasteiger partial charge in [0.15, 0.2) is 0 Å². The standard InChI is InChI=1S/C15H33N/c1-6-7-8-9-10-15(4,5)11-12-16-13-14(2)3/h14,16H,6-13H2,1-5H3. The Balaban J connectivity index is 3.46. The van der Waals surface area contributed by atoms with E-state index in [0.717, 1.165) is 12.5 Å². The van der Waals surface area contributed by atoms with Gasteiger partial charge in [-0.2, -0.15) is 0 Å². The molecule has 0 rings (SSSR count). The average molecular weight is 227 g/mol. The summed E-state index contributed by atoms with van der Waals surface area (Å²) in [5.41, 5.74) is 0.526. The highest BCUT2D eigenvalue weighted by molar-refractivity contribution is 4.70. The Morgan fingerprint density at radius 3 is 2.25 bits per heavy atom. The minimum Gasteiger partial charge on any atom is -0.316 e. The molecule has 0 aromatic heterocycles. The fourth-order valence-corrected chi connectivity index (χ4v) is 1.97. The Labute approximate surface area is 103 Å². The molecule has 0 aliphatic carbocycles. The lowest BCUT2D eigenvalue weighted by Crippen LogP contribution is -2.25. The first-order valence-corrected chi connectivity index (χ1v) is 7.18. The molecule has 0 amide bonds. The normalized spacial score (nSPS) is 12.4. The molecule has 0 aromatic carbocycles. The van der Waals surface area contributed by atoms with E-state index < -0.39 is 0 Å². The molecule has 1 N–H and O–H groups in total. The van der Waals surface area contributed by atoms with Gasteiger partial charge >= 0.3 is 0 Å². The van der Waals surface area contributed by atoms with Gasteiger partial charge in [-0.25, -0.2) is 0 Å². The third-order valence-corrected chi connectivity index (χ3v) is 3.24. The summed E-state index contributed by atoms with van der Waals surface area (Å²) in [6.07, 6.45) is 8.27. The zero-order chi connectivity index (χ0) is 12.4. The Bertz CT molecular complexity index is 150. The van der Waals surface area contributed by atoms with Crippen LogP contribution in [0.3, 0.4) is 0 Å². The molecule has 0 unspecified atom stereocenters. The Morgan fingerprint density at radius 2 is 1.69 bits per heavy atom. The van der Waals surface area contributed by atoms with Gasteiger partial charge in [0.05, 0.1) is 0 Å². The van der Waals surface area contributed by atoms with Crippen LogP contribution in [0.15, 0.2) is 0 Å². The molecule has 0 aromatic rings. The summed E-state index contributed by atoms with van der Waals surface area (Å²) in [5, 5.41) is 3.54. The molecule has 1 heteroatoms. The maximum Gasteiger partial charge on any atom is -0.00258 e. The summed E-state index contributed by atoms with van der Waals surface area (Å²) < 4.78 is 0. The van der Waals surface area contributed by atoms with E-state index >= 15 is 0 Å². The maximum absolute atomic E-state index is 3.54. The lowest BCUT2D eigenvalue weighted by molar-refractivity contribution is 0.288. The van der Waals surface area contributed by atoms with Crippen molar-refractivity contribution in [2.45, 2.75) is 73.1 Å². The van der Waals surface area contributed by atoms with E-state index in [0.29, 0.717) is 5.41 Å². The third-order valence-electron chi connectivity index (χ3n) is 3.24. The quantitative estimate of drug-likeness (QED) is 0.537. The first kappa shape index (κ1) is 16.0. The molecule has 1 nitrogen and oxygen atoms in total. The smallest absolute Gasteiger partial charge is 0.00258 e. The number of unbranched alkanes of at least 4 members (excludes halogenated alkanes) is 3. The van der Waals surface area contributed by atoms with Gasteiger partial charge in [-0.05, 0) is 37.3 Å². The molecule has 0 bridgehead atoms. The van der Waals surface area contributed by atoms with Crippen molar-refractivity contribution in [3.63, 3.8) is 0 Å². The van der Waals surface area contributed by atoms with Crippen LogP contribution in [-0.2, 0) is 0 Å². The van der Waals surface area contributed by atoms with Crippen molar-refractivity contribution >= 4 is 0 Å². The van der Waals surface area contributed by atoms with Crippen LogP contribution in [0.4, 0.5) is 0 Å². The van der Waals surface area contributed by atoms with E-state index in [4.69, 9.17) is 0 Å². The SMILES string of the molecule is CCCCCCC(C)(C)CCNCC(C)C. The Hall–Kier alpha value is -0.0400. The molecule has 0 heterocycles. The Morgan fingerprint density at radius 1 is 1.00 bits per heavy atom. The molecule has 16 heavy (non-hydrogen) atoms. The number of hydrogen-bond donors (Lipinski definition) is 1. The second-order valence-corrected chi connectivity index (χ2v) is 6.32. The minimum atomic E-state index is 0.526. The van der Waals surface area contributed by atoms with Crippen molar-refractivity contribution in [1.82, 2.24) is 5.32 Å². The predicted octanol–water partition coefficient (Wildman–Crippen LogP) is 4.62. The summed E-state index contributed by atoms with van der Waals surface area (Å²) in [6, 6.07) is 0. The highest BCUT2D eigenvalue weighted by Gasteiger charge is 2.16. The van der Waals surface area contributed by atoms with Gasteiger partial charge < -0.3 is 5.32 Å². The summed E-state index contributed by atoms with van der Waals surface area (Å²) in [6.45, 7) is 14.0. The molecule has 0 atom stereocenters. The van der Waals surface area contributed by atoms with Crippen LogP contribution < -0.4 is 5.32 Å². The molecule has 0 spiro atoms. The zero-order valence-corrected chi connectivity index (χ0v) is 12.2. The van der Waals surface area contributed by atoms with E-state index in [-0.39, 0.29) is 0 Å². The molecule has 0 radical (unpaired) electrons. The average Bonchev–Trinajstić information content (AvgIpc) is 2.19. The van der Waals surface area contributed by atoms with E-state index in [1.54, 1.807) is 0 Å².